The molecule has 82 valence electrons. The Bertz CT molecular complexity index is 435. The van der Waals surface area contributed by atoms with Gasteiger partial charge in [-0.05, 0) is 20.8 Å². The molecular formula is C10H14N2O3. The first kappa shape index (κ1) is 11.4. The molecule has 0 spiro atoms. The van der Waals surface area contributed by atoms with E-state index in [4.69, 9.17) is 4.74 Å². The van der Waals surface area contributed by atoms with Crippen molar-refractivity contribution in [2.45, 2.75) is 33.7 Å². The topological polar surface area (TPSA) is 61.2 Å². The monoisotopic (exact) mass is 210 g/mol. The molecule has 1 aromatic rings. The highest BCUT2D eigenvalue weighted by molar-refractivity contribution is 5.69. The SMILES string of the molecule is CC(=O)Oc1nc(=O)n(C(C)C)cc1C. The Morgan fingerprint density at radius 2 is 2.13 bits per heavy atom. The minimum absolute atomic E-state index is 0.0371. The number of rotatable bonds is 2. The number of nitrogens with zero attached hydrogens (tertiary/aromatic N) is 2. The molecule has 5 nitrogen and oxygen atoms in total. The summed E-state index contributed by atoms with van der Waals surface area (Å²) in [4.78, 5) is 25.9. The molecule has 0 atom stereocenters. The highest BCUT2D eigenvalue weighted by Gasteiger charge is 2.09. The minimum Gasteiger partial charge on any atom is -0.407 e. The van der Waals surface area contributed by atoms with Crippen LogP contribution in [0.25, 0.3) is 0 Å². The fourth-order valence-electron chi connectivity index (χ4n) is 1.16. The van der Waals surface area contributed by atoms with Gasteiger partial charge in [-0.2, -0.15) is 4.98 Å². The van der Waals surface area contributed by atoms with Crippen molar-refractivity contribution in [1.82, 2.24) is 9.55 Å². The van der Waals surface area contributed by atoms with Crippen LogP contribution in [-0.4, -0.2) is 15.5 Å². The lowest BCUT2D eigenvalue weighted by Crippen LogP contribution is -2.25. The van der Waals surface area contributed by atoms with Crippen LogP contribution in [-0.2, 0) is 4.79 Å². The molecule has 5 heteroatoms. The summed E-state index contributed by atoms with van der Waals surface area (Å²) in [7, 11) is 0. The Balaban J connectivity index is 3.20. The van der Waals surface area contributed by atoms with Crippen LogP contribution in [0.4, 0.5) is 0 Å². The van der Waals surface area contributed by atoms with Crippen molar-refractivity contribution in [3.05, 3.63) is 22.2 Å². The van der Waals surface area contributed by atoms with E-state index in [1.54, 1.807) is 13.1 Å². The van der Waals surface area contributed by atoms with Gasteiger partial charge >= 0.3 is 11.7 Å². The summed E-state index contributed by atoms with van der Waals surface area (Å²) < 4.78 is 6.29. The summed E-state index contributed by atoms with van der Waals surface area (Å²) in [6.07, 6.45) is 1.64. The normalized spacial score (nSPS) is 10.5. The fourth-order valence-corrected chi connectivity index (χ4v) is 1.16. The Morgan fingerprint density at radius 3 is 2.60 bits per heavy atom. The van der Waals surface area contributed by atoms with Gasteiger partial charge in [0.2, 0.25) is 5.88 Å². The van der Waals surface area contributed by atoms with Crippen LogP contribution in [0.1, 0.15) is 32.4 Å². The van der Waals surface area contributed by atoms with Crippen molar-refractivity contribution in [3.63, 3.8) is 0 Å². The highest BCUT2D eigenvalue weighted by atomic mass is 16.5. The van der Waals surface area contributed by atoms with Gasteiger partial charge in [0.15, 0.2) is 0 Å². The lowest BCUT2D eigenvalue weighted by atomic mass is 10.3. The van der Waals surface area contributed by atoms with E-state index in [2.05, 4.69) is 4.98 Å². The molecule has 0 amide bonds. The predicted molar refractivity (Wildman–Crippen MR) is 54.9 cm³/mol. The number of aryl methyl sites for hydroxylation is 1. The molecular weight excluding hydrogens is 196 g/mol. The summed E-state index contributed by atoms with van der Waals surface area (Å²) in [6.45, 7) is 6.78. The zero-order valence-electron chi connectivity index (χ0n) is 9.27. The maximum Gasteiger partial charge on any atom is 0.351 e. The quantitative estimate of drug-likeness (QED) is 0.685. The van der Waals surface area contributed by atoms with Crippen molar-refractivity contribution in [2.75, 3.05) is 0 Å². The van der Waals surface area contributed by atoms with Crippen LogP contribution < -0.4 is 10.4 Å². The van der Waals surface area contributed by atoms with E-state index in [0.717, 1.165) is 0 Å². The van der Waals surface area contributed by atoms with Gasteiger partial charge in [0.1, 0.15) is 0 Å². The summed E-state index contributed by atoms with van der Waals surface area (Å²) in [6, 6.07) is 0.0371. The Labute approximate surface area is 87.7 Å². The molecule has 0 fully saturated rings. The van der Waals surface area contributed by atoms with E-state index in [-0.39, 0.29) is 11.9 Å². The molecule has 0 aromatic carbocycles. The zero-order chi connectivity index (χ0) is 11.6. The first-order chi connectivity index (χ1) is 6.91. The molecule has 15 heavy (non-hydrogen) atoms. The molecule has 0 aliphatic rings. The van der Waals surface area contributed by atoms with Crippen molar-refractivity contribution in [3.8, 4) is 5.88 Å². The second-order valence-electron chi connectivity index (χ2n) is 3.61. The first-order valence-corrected chi connectivity index (χ1v) is 4.70. The van der Waals surface area contributed by atoms with Gasteiger partial charge in [-0.1, -0.05) is 0 Å². The van der Waals surface area contributed by atoms with Gasteiger partial charge in [0.05, 0.1) is 0 Å². The van der Waals surface area contributed by atoms with Crippen molar-refractivity contribution < 1.29 is 9.53 Å². The van der Waals surface area contributed by atoms with Gasteiger partial charge in [-0.15, -0.1) is 0 Å². The lowest BCUT2D eigenvalue weighted by molar-refractivity contribution is -0.132. The zero-order valence-corrected chi connectivity index (χ0v) is 9.27. The summed E-state index contributed by atoms with van der Waals surface area (Å²) in [5.74, 6) is -0.392. The lowest BCUT2D eigenvalue weighted by Gasteiger charge is -2.11. The third-order valence-corrected chi connectivity index (χ3v) is 1.88. The Hall–Kier alpha value is -1.65. The van der Waals surface area contributed by atoms with Crippen LogP contribution in [0.3, 0.4) is 0 Å². The molecule has 0 unspecified atom stereocenters. The largest absolute Gasteiger partial charge is 0.407 e. The van der Waals surface area contributed by atoms with Gasteiger partial charge in [-0.3, -0.25) is 9.36 Å². The van der Waals surface area contributed by atoms with E-state index in [0.29, 0.717) is 5.56 Å². The molecule has 0 aliphatic heterocycles. The summed E-state index contributed by atoms with van der Waals surface area (Å²) >= 11 is 0. The minimum atomic E-state index is -0.479. The number of hydrogen-bond donors (Lipinski definition) is 0. The van der Waals surface area contributed by atoms with Crippen molar-refractivity contribution in [2.24, 2.45) is 0 Å². The maximum atomic E-state index is 11.5. The van der Waals surface area contributed by atoms with Crippen LogP contribution in [0, 0.1) is 6.92 Å². The molecule has 1 rings (SSSR count). The van der Waals surface area contributed by atoms with Crippen LogP contribution >= 0.6 is 0 Å². The summed E-state index contributed by atoms with van der Waals surface area (Å²) in [5.41, 5.74) is 0.255. The third-order valence-electron chi connectivity index (χ3n) is 1.88. The second-order valence-corrected chi connectivity index (χ2v) is 3.61. The average molecular weight is 210 g/mol. The number of ether oxygens (including phenoxy) is 1. The second kappa shape index (κ2) is 4.25. The van der Waals surface area contributed by atoms with Crippen LogP contribution in [0.15, 0.2) is 11.0 Å². The number of carbonyl (C=O) groups excluding carboxylic acids is 1. The third kappa shape index (κ3) is 2.65. The molecule has 1 aromatic heterocycles. The van der Waals surface area contributed by atoms with E-state index >= 15 is 0 Å². The molecule has 1 heterocycles. The molecule has 0 bridgehead atoms. The van der Waals surface area contributed by atoms with E-state index in [1.807, 2.05) is 13.8 Å². The Kier molecular flexibility index (Phi) is 3.24. The Morgan fingerprint density at radius 1 is 1.53 bits per heavy atom. The smallest absolute Gasteiger partial charge is 0.351 e. The van der Waals surface area contributed by atoms with Gasteiger partial charge < -0.3 is 4.74 Å². The van der Waals surface area contributed by atoms with Crippen molar-refractivity contribution >= 4 is 5.97 Å². The van der Waals surface area contributed by atoms with Gasteiger partial charge in [0.25, 0.3) is 0 Å². The van der Waals surface area contributed by atoms with E-state index in [1.165, 1.54) is 11.5 Å². The molecule has 0 saturated heterocycles. The fraction of sp³-hybridized carbons (Fsp3) is 0.500. The number of aromatic nitrogens is 2. The van der Waals surface area contributed by atoms with E-state index in [9.17, 15) is 9.59 Å². The predicted octanol–water partition coefficient (Wildman–Crippen LogP) is 1.06. The standard InChI is InChI=1S/C10H14N2O3/c1-6(2)12-5-7(3)9(11-10(12)14)15-8(4)13/h5-6H,1-4H3. The molecule has 0 saturated carbocycles. The highest BCUT2D eigenvalue weighted by Crippen LogP contribution is 2.12. The van der Waals surface area contributed by atoms with Crippen LogP contribution in [0.2, 0.25) is 0 Å². The summed E-state index contributed by atoms with van der Waals surface area (Å²) in [5, 5.41) is 0. The van der Waals surface area contributed by atoms with Gasteiger partial charge in [-0.25, -0.2) is 4.79 Å². The molecule has 0 aliphatic carbocycles. The van der Waals surface area contributed by atoms with E-state index < -0.39 is 11.7 Å². The number of esters is 1. The van der Waals surface area contributed by atoms with Crippen molar-refractivity contribution in [1.29, 1.82) is 0 Å². The average Bonchev–Trinajstić information content (AvgIpc) is 2.09. The molecule has 0 radical (unpaired) electrons. The number of hydrogen-bond acceptors (Lipinski definition) is 4. The molecule has 0 N–H and O–H groups in total. The maximum absolute atomic E-state index is 11.5. The number of carbonyl (C=O) groups is 1. The van der Waals surface area contributed by atoms with Crippen LogP contribution in [0.5, 0.6) is 5.88 Å². The first-order valence-electron chi connectivity index (χ1n) is 4.70. The van der Waals surface area contributed by atoms with Gasteiger partial charge in [0, 0.05) is 24.7 Å².